The summed E-state index contributed by atoms with van der Waals surface area (Å²) in [7, 11) is 0. The van der Waals surface area contributed by atoms with Crippen LogP contribution < -0.4 is 0 Å². The number of fused-ring (bicyclic) bond motifs is 5. The molecule has 12 heteroatoms. The molecule has 35 heavy (non-hydrogen) atoms. The third kappa shape index (κ3) is 3.55. The molecule has 2 aromatic carbocycles. The van der Waals surface area contributed by atoms with Gasteiger partial charge < -0.3 is 0 Å². The molecule has 1 heterocycles. The lowest BCUT2D eigenvalue weighted by atomic mass is 9.85. The first-order valence-corrected chi connectivity index (χ1v) is 11.1. The summed E-state index contributed by atoms with van der Waals surface area (Å²) in [6.07, 6.45) is 4.44. The quantitative estimate of drug-likeness (QED) is 0.257. The van der Waals surface area contributed by atoms with Crippen molar-refractivity contribution in [3.63, 3.8) is 0 Å². The fraction of sp³-hybridized carbons (Fsp3) is 0.261. The summed E-state index contributed by atoms with van der Waals surface area (Å²) in [6.45, 7) is -0.544. The predicted octanol–water partition coefficient (Wildman–Crippen LogP) is 3.52. The summed E-state index contributed by atoms with van der Waals surface area (Å²) < 4.78 is 0. The highest BCUT2D eigenvalue weighted by Crippen LogP contribution is 2.53. The molecule has 5 rings (SSSR count). The summed E-state index contributed by atoms with van der Waals surface area (Å²) in [5, 5.41) is 24.8. The molecule has 2 aromatic rings. The van der Waals surface area contributed by atoms with Gasteiger partial charge in [-0.2, -0.15) is 5.01 Å². The molecule has 0 spiro atoms. The Morgan fingerprint density at radius 2 is 1.57 bits per heavy atom. The molecule has 2 aliphatic carbocycles. The molecule has 178 valence electrons. The van der Waals surface area contributed by atoms with Crippen LogP contribution in [0.4, 0.5) is 11.4 Å². The van der Waals surface area contributed by atoms with Crippen LogP contribution in [0.1, 0.15) is 22.3 Å². The van der Waals surface area contributed by atoms with E-state index in [1.807, 2.05) is 12.2 Å². The third-order valence-electron chi connectivity index (χ3n) is 6.82. The number of hydrazine groups is 1. The number of carbonyl (C=O) groups is 3. The van der Waals surface area contributed by atoms with Crippen molar-refractivity contribution in [3.8, 4) is 0 Å². The highest BCUT2D eigenvalue weighted by molar-refractivity contribution is 6.30. The van der Waals surface area contributed by atoms with Crippen LogP contribution in [0, 0.1) is 43.9 Å². The lowest BCUT2D eigenvalue weighted by Crippen LogP contribution is -2.50. The van der Waals surface area contributed by atoms with Gasteiger partial charge in [0.25, 0.3) is 29.1 Å². The lowest BCUT2D eigenvalue weighted by molar-refractivity contribution is -0.385. The van der Waals surface area contributed by atoms with E-state index in [0.717, 1.165) is 22.2 Å². The minimum atomic E-state index is -0.997. The highest BCUT2D eigenvalue weighted by atomic mass is 35.5. The van der Waals surface area contributed by atoms with Crippen molar-refractivity contribution in [3.05, 3.63) is 91.0 Å². The summed E-state index contributed by atoms with van der Waals surface area (Å²) >= 11 is 5.90. The molecule has 2 fully saturated rings. The normalized spacial score (nSPS) is 24.1. The van der Waals surface area contributed by atoms with Crippen LogP contribution in [0.2, 0.25) is 5.02 Å². The van der Waals surface area contributed by atoms with Gasteiger partial charge in [0.2, 0.25) is 0 Å². The molecule has 2 bridgehead atoms. The summed E-state index contributed by atoms with van der Waals surface area (Å²) in [5.41, 5.74) is -1.29. The first kappa shape index (κ1) is 22.7. The van der Waals surface area contributed by atoms with Crippen LogP contribution in [0.25, 0.3) is 0 Å². The molecule has 11 nitrogen and oxygen atoms in total. The van der Waals surface area contributed by atoms with E-state index < -0.39 is 57.3 Å². The molecule has 3 aliphatic rings. The zero-order valence-electron chi connectivity index (χ0n) is 17.9. The zero-order valence-corrected chi connectivity index (χ0v) is 18.7. The SMILES string of the molecule is O=C(c1ccccc1[N+](=O)[O-])N(Cc1ccc(Cl)cc1[N+](=O)[O-])N1C(=O)[C@@H]2[C@@H](C1=O)[C@H]1C=C[C@H]2C1. The topological polar surface area (TPSA) is 144 Å². The fourth-order valence-electron chi connectivity index (χ4n) is 5.31. The Kier molecular flexibility index (Phi) is 5.36. The molecular weight excluding hydrogens is 480 g/mol. The monoisotopic (exact) mass is 496 g/mol. The van der Waals surface area contributed by atoms with E-state index in [4.69, 9.17) is 11.6 Å². The summed E-state index contributed by atoms with van der Waals surface area (Å²) in [6, 6.07) is 8.92. The van der Waals surface area contributed by atoms with E-state index in [0.29, 0.717) is 6.42 Å². The van der Waals surface area contributed by atoms with Crippen molar-refractivity contribution in [2.45, 2.75) is 13.0 Å². The van der Waals surface area contributed by atoms with Crippen molar-refractivity contribution >= 4 is 40.7 Å². The number of nitro benzene ring substituents is 2. The molecule has 1 aliphatic heterocycles. The molecule has 0 N–H and O–H groups in total. The van der Waals surface area contributed by atoms with Crippen molar-refractivity contribution in [2.75, 3.05) is 0 Å². The number of imide groups is 1. The molecule has 0 unspecified atom stereocenters. The van der Waals surface area contributed by atoms with Crippen molar-refractivity contribution in [1.29, 1.82) is 0 Å². The van der Waals surface area contributed by atoms with E-state index in [1.165, 1.54) is 30.3 Å². The number of nitrogens with zero attached hydrogens (tertiary/aromatic N) is 4. The van der Waals surface area contributed by atoms with Crippen molar-refractivity contribution < 1.29 is 24.2 Å². The number of rotatable bonds is 6. The largest absolute Gasteiger partial charge is 0.282 e. The number of hydrogen-bond donors (Lipinski definition) is 0. The van der Waals surface area contributed by atoms with Gasteiger partial charge in [0.15, 0.2) is 0 Å². The predicted molar refractivity (Wildman–Crippen MR) is 121 cm³/mol. The van der Waals surface area contributed by atoms with E-state index in [1.54, 1.807) is 0 Å². The number of allylic oxidation sites excluding steroid dienone is 2. The number of hydrogen-bond acceptors (Lipinski definition) is 7. The summed E-state index contributed by atoms with van der Waals surface area (Å²) in [4.78, 5) is 62.3. The third-order valence-corrected chi connectivity index (χ3v) is 7.05. The minimum Gasteiger partial charge on any atom is -0.272 e. The molecule has 4 atom stereocenters. The second-order valence-electron chi connectivity index (χ2n) is 8.66. The summed E-state index contributed by atoms with van der Waals surface area (Å²) in [5.74, 6) is -3.75. The average Bonchev–Trinajstić information content (AvgIpc) is 3.52. The second kappa shape index (κ2) is 8.27. The van der Waals surface area contributed by atoms with Crippen LogP contribution in [0.3, 0.4) is 0 Å². The molecule has 3 amide bonds. The van der Waals surface area contributed by atoms with Gasteiger partial charge in [0, 0.05) is 17.2 Å². The number of nitro groups is 2. The van der Waals surface area contributed by atoms with Crippen LogP contribution in [-0.4, -0.2) is 37.6 Å². The molecule has 1 saturated carbocycles. The first-order chi connectivity index (χ1) is 16.7. The Morgan fingerprint density at radius 3 is 2.17 bits per heavy atom. The smallest absolute Gasteiger partial charge is 0.272 e. The number of amides is 3. The van der Waals surface area contributed by atoms with Crippen LogP contribution in [0.5, 0.6) is 0 Å². The Morgan fingerprint density at radius 1 is 0.971 bits per heavy atom. The van der Waals surface area contributed by atoms with Crippen molar-refractivity contribution in [2.24, 2.45) is 23.7 Å². The lowest BCUT2D eigenvalue weighted by Gasteiger charge is -2.31. The Balaban J connectivity index is 1.60. The van der Waals surface area contributed by atoms with Gasteiger partial charge >= 0.3 is 0 Å². The Labute approximate surface area is 202 Å². The maximum Gasteiger partial charge on any atom is 0.282 e. The number of carbonyl (C=O) groups excluding carboxylic acids is 3. The van der Waals surface area contributed by atoms with Gasteiger partial charge in [-0.05, 0) is 36.5 Å². The van der Waals surface area contributed by atoms with E-state index in [2.05, 4.69) is 0 Å². The molecule has 1 saturated heterocycles. The molecule has 0 aromatic heterocycles. The van der Waals surface area contributed by atoms with Gasteiger partial charge in [-0.25, -0.2) is 5.01 Å². The average molecular weight is 497 g/mol. The van der Waals surface area contributed by atoms with Gasteiger partial charge in [-0.1, -0.05) is 35.9 Å². The Hall–Kier alpha value is -4.12. The number of benzene rings is 2. The number of para-hydroxylation sites is 1. The van der Waals surface area contributed by atoms with Gasteiger partial charge in [-0.3, -0.25) is 34.6 Å². The van der Waals surface area contributed by atoms with E-state index in [9.17, 15) is 34.6 Å². The Bertz CT molecular complexity index is 1310. The maximum atomic E-state index is 13.7. The first-order valence-electron chi connectivity index (χ1n) is 10.7. The van der Waals surface area contributed by atoms with Gasteiger partial charge in [0.1, 0.15) is 5.56 Å². The highest BCUT2D eigenvalue weighted by Gasteiger charge is 2.61. The molecular formula is C23H17ClN4O7. The van der Waals surface area contributed by atoms with E-state index >= 15 is 0 Å². The molecule has 0 radical (unpaired) electrons. The van der Waals surface area contributed by atoms with Crippen LogP contribution in [-0.2, 0) is 16.1 Å². The number of halogens is 1. The zero-order chi connectivity index (χ0) is 25.0. The fourth-order valence-corrected chi connectivity index (χ4v) is 5.48. The van der Waals surface area contributed by atoms with Crippen LogP contribution >= 0.6 is 11.6 Å². The van der Waals surface area contributed by atoms with Gasteiger partial charge in [-0.15, -0.1) is 0 Å². The standard InChI is InChI=1S/C23H17ClN4O7/c24-15-8-7-14(18(10-15)28(34)35)11-25(21(29)16-3-1-2-4-17(16)27(32)33)26-22(30)19-12-5-6-13(9-12)20(19)23(26)31/h1-8,10,12-13,19-20H,9,11H2/t12-,13-,19-,20-/m0/s1. The second-order valence-corrected chi connectivity index (χ2v) is 9.09. The van der Waals surface area contributed by atoms with E-state index in [-0.39, 0.29) is 28.0 Å². The maximum absolute atomic E-state index is 13.7. The van der Waals surface area contributed by atoms with Crippen LogP contribution in [0.15, 0.2) is 54.6 Å². The van der Waals surface area contributed by atoms with Gasteiger partial charge in [0.05, 0.1) is 33.8 Å². The minimum absolute atomic E-state index is 0.00471. The van der Waals surface area contributed by atoms with Crippen molar-refractivity contribution in [1.82, 2.24) is 10.0 Å².